The fourth-order valence-corrected chi connectivity index (χ4v) is 2.42. The van der Waals surface area contributed by atoms with E-state index in [-0.39, 0.29) is 5.91 Å². The van der Waals surface area contributed by atoms with E-state index in [1.807, 2.05) is 55.5 Å². The topological polar surface area (TPSA) is 88.7 Å². The summed E-state index contributed by atoms with van der Waals surface area (Å²) in [6.45, 7) is 2.93. The first-order chi connectivity index (χ1) is 12.6. The van der Waals surface area contributed by atoms with Gasteiger partial charge in [-0.05, 0) is 30.2 Å². The van der Waals surface area contributed by atoms with Crippen molar-refractivity contribution in [3.63, 3.8) is 0 Å². The molecule has 26 heavy (non-hydrogen) atoms. The van der Waals surface area contributed by atoms with Gasteiger partial charge in [-0.1, -0.05) is 37.3 Å². The molecule has 0 fully saturated rings. The van der Waals surface area contributed by atoms with Crippen LogP contribution < -0.4 is 16.4 Å². The second-order valence-electron chi connectivity index (χ2n) is 5.91. The van der Waals surface area contributed by atoms with Crippen LogP contribution in [0.15, 0.2) is 53.5 Å². The zero-order valence-electron chi connectivity index (χ0n) is 15.3. The Hall–Kier alpha value is -2.86. The molecule has 6 heteroatoms. The van der Waals surface area contributed by atoms with Crippen LogP contribution in [0.4, 0.5) is 11.4 Å². The van der Waals surface area contributed by atoms with Gasteiger partial charge in [0.25, 0.3) is 0 Å². The SMILES string of the molecule is CCCC(=O)Nc1ccc(CN=C(N)Nc2ccccc2COC)cc1. The highest BCUT2D eigenvalue weighted by Crippen LogP contribution is 2.16. The van der Waals surface area contributed by atoms with E-state index in [9.17, 15) is 4.79 Å². The molecule has 6 nitrogen and oxygen atoms in total. The van der Waals surface area contributed by atoms with Crippen LogP contribution >= 0.6 is 0 Å². The van der Waals surface area contributed by atoms with Gasteiger partial charge < -0.3 is 21.1 Å². The summed E-state index contributed by atoms with van der Waals surface area (Å²) < 4.78 is 5.18. The Morgan fingerprint density at radius 2 is 1.85 bits per heavy atom. The molecule has 0 unspecified atom stereocenters. The maximum atomic E-state index is 11.6. The number of hydrogen-bond acceptors (Lipinski definition) is 3. The quantitative estimate of drug-likeness (QED) is 0.500. The largest absolute Gasteiger partial charge is 0.380 e. The molecule has 0 radical (unpaired) electrons. The van der Waals surface area contributed by atoms with Gasteiger partial charge in [0.15, 0.2) is 5.96 Å². The number of guanidine groups is 1. The summed E-state index contributed by atoms with van der Waals surface area (Å²) >= 11 is 0. The summed E-state index contributed by atoms with van der Waals surface area (Å²) in [4.78, 5) is 16.0. The number of carbonyl (C=O) groups excluding carboxylic acids is 1. The summed E-state index contributed by atoms with van der Waals surface area (Å²) in [7, 11) is 1.66. The van der Waals surface area contributed by atoms with Crippen molar-refractivity contribution in [2.24, 2.45) is 10.7 Å². The minimum atomic E-state index is 0.0291. The summed E-state index contributed by atoms with van der Waals surface area (Å²) in [6.07, 6.45) is 1.36. The third-order valence-electron chi connectivity index (χ3n) is 3.73. The number of aliphatic imine (C=N–C) groups is 1. The lowest BCUT2D eigenvalue weighted by Crippen LogP contribution is -2.23. The van der Waals surface area contributed by atoms with Crippen molar-refractivity contribution in [3.05, 3.63) is 59.7 Å². The summed E-state index contributed by atoms with van der Waals surface area (Å²) in [5.41, 5.74) is 9.68. The fourth-order valence-electron chi connectivity index (χ4n) is 2.42. The zero-order chi connectivity index (χ0) is 18.8. The normalized spacial score (nSPS) is 11.2. The number of nitrogens with two attached hydrogens (primary N) is 1. The molecular weight excluding hydrogens is 328 g/mol. The Morgan fingerprint density at radius 1 is 1.12 bits per heavy atom. The standard InChI is InChI=1S/C20H26N4O2/c1-3-6-19(25)23-17-11-9-15(10-12-17)13-22-20(21)24-18-8-5-4-7-16(18)14-26-2/h4-5,7-12H,3,6,13-14H2,1-2H3,(H,23,25)(H3,21,22,24). The van der Waals surface area contributed by atoms with Crippen molar-refractivity contribution in [1.29, 1.82) is 0 Å². The maximum Gasteiger partial charge on any atom is 0.224 e. The number of nitrogens with zero attached hydrogens (tertiary/aromatic N) is 1. The lowest BCUT2D eigenvalue weighted by atomic mass is 10.2. The van der Waals surface area contributed by atoms with Gasteiger partial charge in [-0.3, -0.25) is 4.79 Å². The van der Waals surface area contributed by atoms with Gasteiger partial charge in [-0.2, -0.15) is 0 Å². The molecule has 0 heterocycles. The molecular formula is C20H26N4O2. The van der Waals surface area contributed by atoms with E-state index in [0.29, 0.717) is 25.5 Å². The first-order valence-corrected chi connectivity index (χ1v) is 8.65. The number of benzene rings is 2. The Kier molecular flexibility index (Phi) is 7.64. The van der Waals surface area contributed by atoms with Crippen LogP contribution in [0.5, 0.6) is 0 Å². The molecule has 0 spiro atoms. The van der Waals surface area contributed by atoms with E-state index in [1.165, 1.54) is 0 Å². The molecule has 138 valence electrons. The highest BCUT2D eigenvalue weighted by atomic mass is 16.5. The molecule has 0 bridgehead atoms. The molecule has 0 aromatic heterocycles. The number of anilines is 2. The number of methoxy groups -OCH3 is 1. The van der Waals surface area contributed by atoms with Crippen molar-refractivity contribution >= 4 is 23.2 Å². The summed E-state index contributed by atoms with van der Waals surface area (Å²) in [5, 5.41) is 5.97. The monoisotopic (exact) mass is 354 g/mol. The minimum Gasteiger partial charge on any atom is -0.380 e. The van der Waals surface area contributed by atoms with Gasteiger partial charge in [0, 0.05) is 30.5 Å². The molecule has 0 aliphatic carbocycles. The lowest BCUT2D eigenvalue weighted by Gasteiger charge is -2.11. The van der Waals surface area contributed by atoms with Gasteiger partial charge in [0.2, 0.25) is 5.91 Å². The van der Waals surface area contributed by atoms with Crippen LogP contribution in [0.25, 0.3) is 0 Å². The van der Waals surface area contributed by atoms with Gasteiger partial charge in [0.05, 0.1) is 13.2 Å². The van der Waals surface area contributed by atoms with Crippen LogP contribution in [0.2, 0.25) is 0 Å². The molecule has 0 aliphatic heterocycles. The van der Waals surface area contributed by atoms with E-state index in [4.69, 9.17) is 10.5 Å². The predicted molar refractivity (Wildman–Crippen MR) is 106 cm³/mol. The second-order valence-corrected chi connectivity index (χ2v) is 5.91. The Labute approximate surface area is 154 Å². The van der Waals surface area contributed by atoms with E-state index < -0.39 is 0 Å². The number of rotatable bonds is 8. The van der Waals surface area contributed by atoms with Gasteiger partial charge in [-0.15, -0.1) is 0 Å². The van der Waals surface area contributed by atoms with Crippen LogP contribution in [0.3, 0.4) is 0 Å². The van der Waals surface area contributed by atoms with Crippen molar-refractivity contribution in [3.8, 4) is 0 Å². The number of hydrogen-bond donors (Lipinski definition) is 3. The Bertz CT molecular complexity index is 742. The fraction of sp³-hybridized carbons (Fsp3) is 0.300. The van der Waals surface area contributed by atoms with Crippen LogP contribution in [-0.4, -0.2) is 19.0 Å². The molecule has 0 saturated carbocycles. The van der Waals surface area contributed by atoms with E-state index in [2.05, 4.69) is 15.6 Å². The molecule has 0 saturated heterocycles. The van der Waals surface area contributed by atoms with E-state index >= 15 is 0 Å². The Morgan fingerprint density at radius 3 is 2.54 bits per heavy atom. The summed E-state index contributed by atoms with van der Waals surface area (Å²) in [5.74, 6) is 0.371. The van der Waals surface area contributed by atoms with Gasteiger partial charge in [0.1, 0.15) is 0 Å². The maximum absolute atomic E-state index is 11.6. The molecule has 2 aromatic carbocycles. The van der Waals surface area contributed by atoms with Crippen LogP contribution in [0, 0.1) is 0 Å². The zero-order valence-corrected chi connectivity index (χ0v) is 15.3. The van der Waals surface area contributed by atoms with Crippen LogP contribution in [-0.2, 0) is 22.7 Å². The highest BCUT2D eigenvalue weighted by molar-refractivity contribution is 5.93. The van der Waals surface area contributed by atoms with E-state index in [1.54, 1.807) is 7.11 Å². The lowest BCUT2D eigenvalue weighted by molar-refractivity contribution is -0.116. The number of carbonyl (C=O) groups is 1. The Balaban J connectivity index is 1.93. The highest BCUT2D eigenvalue weighted by Gasteiger charge is 2.03. The van der Waals surface area contributed by atoms with Crippen molar-refractivity contribution in [2.75, 3.05) is 17.7 Å². The van der Waals surface area contributed by atoms with Crippen molar-refractivity contribution in [1.82, 2.24) is 0 Å². The average Bonchev–Trinajstić information content (AvgIpc) is 2.63. The molecule has 0 atom stereocenters. The average molecular weight is 354 g/mol. The number of para-hydroxylation sites is 1. The second kappa shape index (κ2) is 10.2. The van der Waals surface area contributed by atoms with Crippen LogP contribution in [0.1, 0.15) is 30.9 Å². The summed E-state index contributed by atoms with van der Waals surface area (Å²) in [6, 6.07) is 15.4. The molecule has 4 N–H and O–H groups in total. The predicted octanol–water partition coefficient (Wildman–Crippen LogP) is 3.50. The number of amides is 1. The first-order valence-electron chi connectivity index (χ1n) is 8.65. The van der Waals surface area contributed by atoms with Gasteiger partial charge in [-0.25, -0.2) is 4.99 Å². The molecule has 0 aliphatic rings. The number of nitrogens with one attached hydrogen (secondary N) is 2. The smallest absolute Gasteiger partial charge is 0.224 e. The van der Waals surface area contributed by atoms with Gasteiger partial charge >= 0.3 is 0 Å². The van der Waals surface area contributed by atoms with Crippen molar-refractivity contribution in [2.45, 2.75) is 32.9 Å². The van der Waals surface area contributed by atoms with E-state index in [0.717, 1.165) is 28.9 Å². The third kappa shape index (κ3) is 6.22. The first kappa shape index (κ1) is 19.5. The third-order valence-corrected chi connectivity index (χ3v) is 3.73. The molecule has 2 rings (SSSR count). The number of ether oxygens (including phenoxy) is 1. The molecule has 2 aromatic rings. The minimum absolute atomic E-state index is 0.0291. The molecule has 1 amide bonds. The van der Waals surface area contributed by atoms with Crippen molar-refractivity contribution < 1.29 is 9.53 Å².